The van der Waals surface area contributed by atoms with Crippen molar-refractivity contribution in [2.24, 2.45) is 0 Å². The van der Waals surface area contributed by atoms with Crippen molar-refractivity contribution in [3.8, 4) is 5.75 Å². The molecule has 2 fully saturated rings. The molecule has 264 valence electrons. The number of aromatic hydroxyl groups is 1. The first kappa shape index (κ1) is 36.2. The number of phenols is 1. The van der Waals surface area contributed by atoms with Gasteiger partial charge in [-0.2, -0.15) is 4.57 Å². The largest absolute Gasteiger partial charge is 0.543 e. The lowest BCUT2D eigenvalue weighted by molar-refractivity contribution is -0.684. The van der Waals surface area contributed by atoms with Crippen molar-refractivity contribution in [3.05, 3.63) is 105 Å². The van der Waals surface area contributed by atoms with Crippen molar-refractivity contribution >= 4 is 82.0 Å². The minimum absolute atomic E-state index is 0.0579. The molecule has 4 amide bonds. The van der Waals surface area contributed by atoms with Crippen LogP contribution in [0.3, 0.4) is 0 Å². The Balaban J connectivity index is 1.05. The Morgan fingerprint density at radius 2 is 1.82 bits per heavy atom. The van der Waals surface area contributed by atoms with E-state index < -0.39 is 46.7 Å². The number of amides is 4. The average molecular weight is 773 g/mol. The molecular formula is C34H28Cl2FN5O7S2. The number of nitrogens with zero attached hydrogens (tertiary/aromatic N) is 3. The quantitative estimate of drug-likeness (QED) is 0.0875. The molecule has 2 aromatic carbocycles. The standard InChI is InChI=1S/C34H28Cl2FN5O7S2/c35-22-2-1-3-23(36)30(22)50-17-27(45)39-28-32(47)42-29(34(48)49)20(16-51-33(28)42)12-19-8-11-41(31(19)46)14-18-6-9-40(10-7-18)15-26(44)38-21-4-5-25(43)24(37)13-21/h1-7,9-10,12-13,28,33H,8,11,14-17H2,(H3-,38,39,43,44,45,48,49)/t28-,33-/m1/s1. The topological polar surface area (TPSA) is 163 Å². The SMILES string of the molecule is O=C(C[n+]1ccc(CN2CCC(=CC3=C(C(=O)[O-])N4C(=O)[C@@H](NC(=O)CSc5c(Cl)cccc5Cl)[C@H]4SC3)C2=O)cc1)Nc1ccc(O)c(F)c1. The Bertz CT molecular complexity index is 1990. The second-order valence-electron chi connectivity index (χ2n) is 11.7. The summed E-state index contributed by atoms with van der Waals surface area (Å²) in [6.07, 6.45) is 5.21. The zero-order valence-electron chi connectivity index (χ0n) is 26.4. The number of phenolic OH excluding ortho intramolecular Hbond substituents is 1. The number of carbonyl (C=O) groups is 5. The number of hydrogen-bond donors (Lipinski definition) is 3. The highest BCUT2D eigenvalue weighted by Gasteiger charge is 2.52. The lowest BCUT2D eigenvalue weighted by Gasteiger charge is -2.50. The van der Waals surface area contributed by atoms with Crippen molar-refractivity contribution in [2.45, 2.75) is 35.8 Å². The number of β-lactam (4-membered cyclic amide) rings is 1. The number of carboxylic acids is 1. The van der Waals surface area contributed by atoms with Gasteiger partial charge in [-0.1, -0.05) is 29.3 Å². The molecule has 17 heteroatoms. The van der Waals surface area contributed by atoms with E-state index in [2.05, 4.69) is 10.6 Å². The van der Waals surface area contributed by atoms with Gasteiger partial charge in [0.05, 0.1) is 27.5 Å². The van der Waals surface area contributed by atoms with Gasteiger partial charge < -0.3 is 30.5 Å². The van der Waals surface area contributed by atoms with Gasteiger partial charge in [0.15, 0.2) is 24.0 Å². The van der Waals surface area contributed by atoms with E-state index in [1.165, 1.54) is 23.9 Å². The summed E-state index contributed by atoms with van der Waals surface area (Å²) in [5.41, 5.74) is 1.34. The second kappa shape index (κ2) is 15.4. The summed E-state index contributed by atoms with van der Waals surface area (Å²) in [7, 11) is 0. The molecule has 3 aliphatic rings. The molecule has 0 bridgehead atoms. The summed E-state index contributed by atoms with van der Waals surface area (Å²) < 4.78 is 15.2. The third kappa shape index (κ3) is 8.01. The number of pyridine rings is 1. The fraction of sp³-hybridized carbons (Fsp3) is 0.235. The van der Waals surface area contributed by atoms with Crippen molar-refractivity contribution in [1.29, 1.82) is 0 Å². The number of hydrogen-bond acceptors (Lipinski definition) is 9. The van der Waals surface area contributed by atoms with E-state index in [0.717, 1.165) is 34.4 Å². The number of halogens is 3. The summed E-state index contributed by atoms with van der Waals surface area (Å²) in [6, 6.07) is 11.1. The van der Waals surface area contributed by atoms with Crippen LogP contribution in [-0.4, -0.2) is 74.0 Å². The summed E-state index contributed by atoms with van der Waals surface area (Å²) in [4.78, 5) is 67.0. The first-order chi connectivity index (χ1) is 24.4. The molecule has 0 saturated carbocycles. The van der Waals surface area contributed by atoms with Crippen LogP contribution in [-0.2, 0) is 37.1 Å². The molecule has 1 aromatic heterocycles. The van der Waals surface area contributed by atoms with Crippen LogP contribution >= 0.6 is 46.7 Å². The van der Waals surface area contributed by atoms with Crippen molar-refractivity contribution in [3.63, 3.8) is 0 Å². The first-order valence-electron chi connectivity index (χ1n) is 15.4. The Labute approximate surface area is 309 Å². The summed E-state index contributed by atoms with van der Waals surface area (Å²) >= 11 is 14.7. The molecular weight excluding hydrogens is 744 g/mol. The fourth-order valence-electron chi connectivity index (χ4n) is 5.75. The number of aliphatic carboxylic acids is 1. The Morgan fingerprint density at radius 1 is 1.10 bits per heavy atom. The molecule has 2 saturated heterocycles. The molecule has 0 spiro atoms. The summed E-state index contributed by atoms with van der Waals surface area (Å²) in [6.45, 7) is 0.604. The molecule has 3 aromatic rings. The van der Waals surface area contributed by atoms with E-state index in [1.54, 1.807) is 52.2 Å². The predicted octanol–water partition coefficient (Wildman–Crippen LogP) is 2.62. The van der Waals surface area contributed by atoms with Crippen molar-refractivity contribution < 1.29 is 43.1 Å². The lowest BCUT2D eigenvalue weighted by atomic mass is 10.0. The molecule has 3 N–H and O–H groups in total. The number of allylic oxidation sites excluding steroid dienone is 1. The third-order valence-electron chi connectivity index (χ3n) is 8.23. The first-order valence-corrected chi connectivity index (χ1v) is 18.2. The monoisotopic (exact) mass is 771 g/mol. The minimum Gasteiger partial charge on any atom is -0.543 e. The minimum atomic E-state index is -1.56. The van der Waals surface area contributed by atoms with Crippen LogP contribution in [0, 0.1) is 5.82 Å². The highest BCUT2D eigenvalue weighted by molar-refractivity contribution is 8.00. The smallest absolute Gasteiger partial charge is 0.290 e. The molecule has 6 rings (SSSR count). The molecule has 4 heterocycles. The van der Waals surface area contributed by atoms with E-state index in [1.807, 2.05) is 0 Å². The number of fused-ring (bicyclic) bond motifs is 1. The van der Waals surface area contributed by atoms with Gasteiger partial charge >= 0.3 is 0 Å². The van der Waals surface area contributed by atoms with Gasteiger partial charge in [-0.05, 0) is 47.9 Å². The number of likely N-dealkylation sites (tertiary alicyclic amines) is 1. The maximum Gasteiger partial charge on any atom is 0.290 e. The van der Waals surface area contributed by atoms with Gasteiger partial charge in [0.2, 0.25) is 18.4 Å². The number of aromatic nitrogens is 1. The lowest BCUT2D eigenvalue weighted by Crippen LogP contribution is -2.71. The van der Waals surface area contributed by atoms with Gasteiger partial charge in [0.1, 0.15) is 11.4 Å². The Hall–Kier alpha value is -4.57. The zero-order chi connectivity index (χ0) is 36.4. The maximum absolute atomic E-state index is 13.6. The summed E-state index contributed by atoms with van der Waals surface area (Å²) in [5, 5.41) is 26.9. The molecule has 2 atom stereocenters. The molecule has 51 heavy (non-hydrogen) atoms. The van der Waals surface area contributed by atoms with E-state index in [0.29, 0.717) is 33.5 Å². The van der Waals surface area contributed by atoms with Gasteiger partial charge in [-0.25, -0.2) is 4.39 Å². The number of benzene rings is 2. The van der Waals surface area contributed by atoms with Crippen LogP contribution in [0.1, 0.15) is 12.0 Å². The highest BCUT2D eigenvalue weighted by Crippen LogP contribution is 2.41. The molecule has 0 aliphatic carbocycles. The van der Waals surface area contributed by atoms with Crippen LogP contribution in [0.25, 0.3) is 0 Å². The van der Waals surface area contributed by atoms with E-state index >= 15 is 0 Å². The second-order valence-corrected chi connectivity index (χ2v) is 14.6. The third-order valence-corrected chi connectivity index (χ3v) is 11.5. The van der Waals surface area contributed by atoms with E-state index in [4.69, 9.17) is 23.2 Å². The predicted molar refractivity (Wildman–Crippen MR) is 186 cm³/mol. The van der Waals surface area contributed by atoms with Crippen LogP contribution < -0.4 is 20.3 Å². The number of carboxylic acid groups (broad SMARTS) is 1. The van der Waals surface area contributed by atoms with Crippen LogP contribution in [0.2, 0.25) is 10.0 Å². The molecule has 12 nitrogen and oxygen atoms in total. The van der Waals surface area contributed by atoms with Gasteiger partial charge in [-0.3, -0.25) is 24.1 Å². The zero-order valence-corrected chi connectivity index (χ0v) is 29.6. The number of nitrogens with one attached hydrogen (secondary N) is 2. The number of rotatable bonds is 11. The van der Waals surface area contributed by atoms with E-state index in [9.17, 15) is 38.6 Å². The van der Waals surface area contributed by atoms with Crippen molar-refractivity contribution in [2.75, 3.05) is 23.4 Å². The van der Waals surface area contributed by atoms with E-state index in [-0.39, 0.29) is 47.5 Å². The number of thioether (sulfide) groups is 2. The molecule has 0 radical (unpaired) electrons. The number of anilines is 1. The van der Waals surface area contributed by atoms with Crippen LogP contribution in [0.5, 0.6) is 5.75 Å². The number of carbonyl (C=O) groups excluding carboxylic acids is 5. The van der Waals surface area contributed by atoms with Crippen LogP contribution in [0.15, 0.2) is 88.7 Å². The van der Waals surface area contributed by atoms with Gasteiger partial charge in [0, 0.05) is 53.2 Å². The fourth-order valence-corrected chi connectivity index (χ4v) is 8.55. The molecule has 0 unspecified atom stereocenters. The van der Waals surface area contributed by atoms with Gasteiger partial charge in [-0.15, -0.1) is 23.5 Å². The normalized spacial score (nSPS) is 19.2. The Kier molecular flexibility index (Phi) is 10.9. The van der Waals surface area contributed by atoms with Crippen molar-refractivity contribution in [1.82, 2.24) is 15.1 Å². The summed E-state index contributed by atoms with van der Waals surface area (Å²) in [5.74, 6) is -4.53. The Morgan fingerprint density at radius 3 is 2.51 bits per heavy atom. The van der Waals surface area contributed by atoms with Crippen LogP contribution in [0.4, 0.5) is 10.1 Å². The maximum atomic E-state index is 13.6. The average Bonchev–Trinajstić information content (AvgIpc) is 3.43. The van der Waals surface area contributed by atoms with Gasteiger partial charge in [0.25, 0.3) is 11.8 Å². The molecule has 3 aliphatic heterocycles. The highest BCUT2D eigenvalue weighted by atomic mass is 35.5.